The van der Waals surface area contributed by atoms with Gasteiger partial charge in [0.15, 0.2) is 0 Å². The van der Waals surface area contributed by atoms with Crippen LogP contribution < -0.4 is 15.8 Å². The van der Waals surface area contributed by atoms with Gasteiger partial charge in [-0.25, -0.2) is 4.68 Å². The summed E-state index contributed by atoms with van der Waals surface area (Å²) in [6, 6.07) is 7.48. The van der Waals surface area contributed by atoms with E-state index in [-0.39, 0.29) is 5.91 Å². The van der Waals surface area contributed by atoms with Crippen LogP contribution in [0.2, 0.25) is 0 Å². The second-order valence-electron chi connectivity index (χ2n) is 5.86. The second-order valence-corrected chi connectivity index (χ2v) is 5.86. The highest BCUT2D eigenvalue weighted by molar-refractivity contribution is 6.07. The Kier molecular flexibility index (Phi) is 4.50. The summed E-state index contributed by atoms with van der Waals surface area (Å²) in [5, 5.41) is 7.18. The van der Waals surface area contributed by atoms with Crippen LogP contribution in [0.5, 0.6) is 5.75 Å². The van der Waals surface area contributed by atoms with E-state index in [1.54, 1.807) is 37.6 Å². The van der Waals surface area contributed by atoms with E-state index in [1.165, 1.54) is 19.3 Å². The van der Waals surface area contributed by atoms with Crippen molar-refractivity contribution in [3.8, 4) is 5.75 Å². The average Bonchev–Trinajstić information content (AvgIpc) is 2.98. The van der Waals surface area contributed by atoms with Gasteiger partial charge in [0.2, 0.25) is 0 Å². The number of aromatic nitrogens is 2. The molecule has 0 spiro atoms. The minimum absolute atomic E-state index is 0.241. The number of carbonyl (C=O) groups is 1. The van der Waals surface area contributed by atoms with Crippen molar-refractivity contribution in [1.82, 2.24) is 9.78 Å². The number of hydrogen-bond acceptors (Lipinski definition) is 4. The predicted molar refractivity (Wildman–Crippen MR) is 89.7 cm³/mol. The zero-order chi connectivity index (χ0) is 16.2. The third-order valence-electron chi connectivity index (χ3n) is 4.35. The Morgan fingerprint density at radius 2 is 1.96 bits per heavy atom. The predicted octanol–water partition coefficient (Wildman–Crippen LogP) is 3.23. The molecular formula is C17H22N4O2. The maximum Gasteiger partial charge on any atom is 0.261 e. The number of rotatable bonds is 4. The molecule has 3 N–H and O–H groups in total. The lowest BCUT2D eigenvalue weighted by atomic mass is 9.96. The molecule has 3 rings (SSSR count). The minimum Gasteiger partial charge on any atom is -0.497 e. The monoisotopic (exact) mass is 314 g/mol. The lowest BCUT2D eigenvalue weighted by Crippen LogP contribution is -2.18. The molecular weight excluding hydrogens is 292 g/mol. The largest absolute Gasteiger partial charge is 0.497 e. The third-order valence-corrected chi connectivity index (χ3v) is 4.35. The fourth-order valence-electron chi connectivity index (χ4n) is 3.04. The average molecular weight is 314 g/mol. The number of nitrogens with two attached hydrogens (primary N) is 1. The molecule has 1 aliphatic rings. The molecule has 1 heterocycles. The summed E-state index contributed by atoms with van der Waals surface area (Å²) < 4.78 is 6.91. The molecule has 0 unspecified atom stereocenters. The van der Waals surface area contributed by atoms with Gasteiger partial charge >= 0.3 is 0 Å². The van der Waals surface area contributed by atoms with Crippen LogP contribution in [-0.2, 0) is 0 Å². The first-order chi connectivity index (χ1) is 11.2. The lowest BCUT2D eigenvalue weighted by Gasteiger charge is -2.23. The molecule has 122 valence electrons. The Balaban J connectivity index is 1.73. The number of anilines is 2. The Bertz CT molecular complexity index is 672. The van der Waals surface area contributed by atoms with Crippen molar-refractivity contribution in [1.29, 1.82) is 0 Å². The number of nitrogens with one attached hydrogen (secondary N) is 1. The van der Waals surface area contributed by atoms with E-state index in [0.717, 1.165) is 18.6 Å². The molecule has 0 atom stereocenters. The quantitative estimate of drug-likeness (QED) is 0.907. The van der Waals surface area contributed by atoms with Crippen LogP contribution in [0.1, 0.15) is 48.5 Å². The van der Waals surface area contributed by atoms with Crippen LogP contribution in [0.4, 0.5) is 11.5 Å². The Morgan fingerprint density at radius 3 is 2.61 bits per heavy atom. The van der Waals surface area contributed by atoms with E-state index in [4.69, 9.17) is 10.5 Å². The molecule has 1 aromatic carbocycles. The number of nitrogens with zero attached hydrogens (tertiary/aromatic N) is 2. The third kappa shape index (κ3) is 3.31. The summed E-state index contributed by atoms with van der Waals surface area (Å²) in [6.45, 7) is 0. The highest BCUT2D eigenvalue weighted by Gasteiger charge is 2.22. The molecule has 0 radical (unpaired) electrons. The molecule has 1 amide bonds. The number of ether oxygens (including phenoxy) is 1. The van der Waals surface area contributed by atoms with Gasteiger partial charge < -0.3 is 15.8 Å². The van der Waals surface area contributed by atoms with Crippen molar-refractivity contribution in [2.45, 2.75) is 38.1 Å². The van der Waals surface area contributed by atoms with Crippen LogP contribution in [0.3, 0.4) is 0 Å². The zero-order valence-corrected chi connectivity index (χ0v) is 13.3. The summed E-state index contributed by atoms with van der Waals surface area (Å²) in [5.41, 5.74) is 7.27. The summed E-state index contributed by atoms with van der Waals surface area (Å²) in [7, 11) is 1.61. The molecule has 23 heavy (non-hydrogen) atoms. The van der Waals surface area contributed by atoms with Gasteiger partial charge in [0, 0.05) is 5.69 Å². The number of benzene rings is 1. The normalized spacial score (nSPS) is 15.3. The molecule has 6 heteroatoms. The van der Waals surface area contributed by atoms with Crippen molar-refractivity contribution in [3.63, 3.8) is 0 Å². The number of hydrogen-bond donors (Lipinski definition) is 2. The minimum atomic E-state index is -0.241. The fourth-order valence-corrected chi connectivity index (χ4v) is 3.04. The highest BCUT2D eigenvalue weighted by atomic mass is 16.5. The Hall–Kier alpha value is -2.50. The van der Waals surface area contributed by atoms with Crippen molar-refractivity contribution >= 4 is 17.4 Å². The molecule has 1 fully saturated rings. The first-order valence-corrected chi connectivity index (χ1v) is 7.97. The van der Waals surface area contributed by atoms with Gasteiger partial charge in [-0.1, -0.05) is 19.3 Å². The Morgan fingerprint density at radius 1 is 1.26 bits per heavy atom. The van der Waals surface area contributed by atoms with Crippen LogP contribution in [0.25, 0.3) is 0 Å². The Labute approximate surface area is 135 Å². The number of methoxy groups -OCH3 is 1. The van der Waals surface area contributed by atoms with Crippen molar-refractivity contribution in [3.05, 3.63) is 36.0 Å². The van der Waals surface area contributed by atoms with Gasteiger partial charge in [-0.15, -0.1) is 0 Å². The maximum atomic E-state index is 12.4. The van der Waals surface area contributed by atoms with Gasteiger partial charge in [0.05, 0.1) is 19.3 Å². The lowest BCUT2D eigenvalue weighted by molar-refractivity contribution is 0.102. The number of carbonyl (C=O) groups excluding carboxylic acids is 1. The molecule has 1 aliphatic carbocycles. The van der Waals surface area contributed by atoms with E-state index in [2.05, 4.69) is 10.4 Å². The summed E-state index contributed by atoms with van der Waals surface area (Å²) in [6.07, 6.45) is 7.36. The topological polar surface area (TPSA) is 82.2 Å². The first kappa shape index (κ1) is 15.4. The van der Waals surface area contributed by atoms with Crippen molar-refractivity contribution in [2.24, 2.45) is 0 Å². The molecule has 1 saturated carbocycles. The van der Waals surface area contributed by atoms with E-state index >= 15 is 0 Å². The van der Waals surface area contributed by atoms with Gasteiger partial charge in [0.1, 0.15) is 17.1 Å². The summed E-state index contributed by atoms with van der Waals surface area (Å²) in [5.74, 6) is 0.949. The van der Waals surface area contributed by atoms with Gasteiger partial charge in [0.25, 0.3) is 5.91 Å². The smallest absolute Gasteiger partial charge is 0.261 e. The molecule has 0 saturated heterocycles. The fraction of sp³-hybridized carbons (Fsp3) is 0.412. The molecule has 1 aromatic heterocycles. The van der Waals surface area contributed by atoms with Gasteiger partial charge in [-0.3, -0.25) is 4.79 Å². The van der Waals surface area contributed by atoms with E-state index in [9.17, 15) is 4.79 Å². The highest BCUT2D eigenvalue weighted by Crippen LogP contribution is 2.30. The van der Waals surface area contributed by atoms with Gasteiger partial charge in [-0.05, 0) is 37.1 Å². The molecule has 0 bridgehead atoms. The first-order valence-electron chi connectivity index (χ1n) is 7.97. The zero-order valence-electron chi connectivity index (χ0n) is 13.3. The molecule has 6 nitrogen and oxygen atoms in total. The van der Waals surface area contributed by atoms with E-state index in [0.29, 0.717) is 23.1 Å². The van der Waals surface area contributed by atoms with Crippen LogP contribution >= 0.6 is 0 Å². The SMILES string of the molecule is COc1ccc(NC(=O)c2cnn(C3CCCCC3)c2N)cc1. The maximum absolute atomic E-state index is 12.4. The van der Waals surface area contributed by atoms with E-state index in [1.807, 2.05) is 4.68 Å². The van der Waals surface area contributed by atoms with Crippen LogP contribution in [0.15, 0.2) is 30.5 Å². The standard InChI is InChI=1S/C17H22N4O2/c1-23-14-9-7-12(8-10-14)20-17(22)15-11-19-21(16(15)18)13-5-3-2-4-6-13/h7-11,13H,2-6,18H2,1H3,(H,20,22). The number of amides is 1. The van der Waals surface area contributed by atoms with Crippen molar-refractivity contribution < 1.29 is 9.53 Å². The second kappa shape index (κ2) is 6.73. The summed E-state index contributed by atoms with van der Waals surface area (Å²) in [4.78, 5) is 12.4. The van der Waals surface area contributed by atoms with Crippen molar-refractivity contribution in [2.75, 3.05) is 18.2 Å². The van der Waals surface area contributed by atoms with Crippen LogP contribution in [-0.4, -0.2) is 22.8 Å². The molecule has 0 aliphatic heterocycles. The van der Waals surface area contributed by atoms with Gasteiger partial charge in [-0.2, -0.15) is 5.10 Å². The number of nitrogen functional groups attached to an aromatic ring is 1. The van der Waals surface area contributed by atoms with Crippen LogP contribution in [0, 0.1) is 0 Å². The molecule has 2 aromatic rings. The summed E-state index contributed by atoms with van der Waals surface area (Å²) >= 11 is 0. The van der Waals surface area contributed by atoms with E-state index < -0.39 is 0 Å².